The van der Waals surface area contributed by atoms with Crippen LogP contribution in [0.4, 0.5) is 0 Å². The Balaban J connectivity index is 4.05. The molecule has 0 spiro atoms. The van der Waals surface area contributed by atoms with E-state index in [0.29, 0.717) is 18.2 Å². The third-order valence-electron chi connectivity index (χ3n) is 2.70. The maximum absolute atomic E-state index is 11.8. The number of rotatable bonds is 6. The molecule has 2 heteroatoms. The Labute approximate surface area is 95.0 Å². The van der Waals surface area contributed by atoms with E-state index >= 15 is 0 Å². The lowest BCUT2D eigenvalue weighted by Crippen LogP contribution is -2.35. The molecule has 0 saturated carbocycles. The van der Waals surface area contributed by atoms with Gasteiger partial charge in [-0.05, 0) is 26.8 Å². The van der Waals surface area contributed by atoms with Crippen molar-refractivity contribution in [3.63, 3.8) is 0 Å². The second-order valence-electron chi connectivity index (χ2n) is 5.55. The molecule has 0 atom stereocenters. The minimum absolute atomic E-state index is 0.186. The maximum atomic E-state index is 11.8. The molecule has 0 aliphatic rings. The van der Waals surface area contributed by atoms with Gasteiger partial charge in [0, 0.05) is 24.4 Å². The van der Waals surface area contributed by atoms with Crippen LogP contribution in [0, 0.1) is 5.41 Å². The zero-order chi connectivity index (χ0) is 12.1. The molecule has 0 aromatic carbocycles. The first-order chi connectivity index (χ1) is 6.79. The quantitative estimate of drug-likeness (QED) is 0.675. The molecule has 15 heavy (non-hydrogen) atoms. The fourth-order valence-electron chi connectivity index (χ4n) is 1.54. The summed E-state index contributed by atoms with van der Waals surface area (Å²) < 4.78 is 0. The first-order valence-corrected chi connectivity index (χ1v) is 6.06. The maximum Gasteiger partial charge on any atom is 0.139 e. The van der Waals surface area contributed by atoms with Crippen molar-refractivity contribution < 1.29 is 4.79 Å². The average Bonchev–Trinajstić information content (AvgIpc) is 2.09. The van der Waals surface area contributed by atoms with Crippen LogP contribution in [-0.4, -0.2) is 29.8 Å². The number of carbonyl (C=O) groups is 1. The molecule has 0 bridgehead atoms. The van der Waals surface area contributed by atoms with E-state index in [0.717, 1.165) is 19.5 Å². The van der Waals surface area contributed by atoms with Crippen molar-refractivity contribution in [3.05, 3.63) is 0 Å². The lowest BCUT2D eigenvalue weighted by molar-refractivity contribution is -0.126. The van der Waals surface area contributed by atoms with Gasteiger partial charge in [-0.3, -0.25) is 4.79 Å². The standard InChI is InChI=1S/C13H27NO/c1-7-9-14(11(2)3)10-8-12(15)13(4,5)6/h11H,7-10H2,1-6H3. The molecule has 0 aliphatic carbocycles. The summed E-state index contributed by atoms with van der Waals surface area (Å²) in [6, 6.07) is 0.540. The van der Waals surface area contributed by atoms with Crippen LogP contribution >= 0.6 is 0 Å². The number of carbonyl (C=O) groups excluding carboxylic acids is 1. The minimum Gasteiger partial charge on any atom is -0.301 e. The molecule has 0 fully saturated rings. The van der Waals surface area contributed by atoms with Gasteiger partial charge < -0.3 is 4.90 Å². The van der Waals surface area contributed by atoms with Crippen LogP contribution in [0.25, 0.3) is 0 Å². The first-order valence-electron chi connectivity index (χ1n) is 6.06. The highest BCUT2D eigenvalue weighted by Gasteiger charge is 2.21. The highest BCUT2D eigenvalue weighted by molar-refractivity contribution is 5.83. The summed E-state index contributed by atoms with van der Waals surface area (Å²) in [5, 5.41) is 0. The number of ketones is 1. The lowest BCUT2D eigenvalue weighted by atomic mass is 9.89. The van der Waals surface area contributed by atoms with Crippen molar-refractivity contribution >= 4 is 5.78 Å². The summed E-state index contributed by atoms with van der Waals surface area (Å²) in [6.07, 6.45) is 1.84. The van der Waals surface area contributed by atoms with Crippen LogP contribution in [0.1, 0.15) is 54.4 Å². The van der Waals surface area contributed by atoms with Crippen LogP contribution in [0.15, 0.2) is 0 Å². The van der Waals surface area contributed by atoms with Gasteiger partial charge >= 0.3 is 0 Å². The van der Waals surface area contributed by atoms with Crippen molar-refractivity contribution in [3.8, 4) is 0 Å². The largest absolute Gasteiger partial charge is 0.301 e. The Morgan fingerprint density at radius 1 is 1.20 bits per heavy atom. The molecule has 90 valence electrons. The van der Waals surface area contributed by atoms with Crippen LogP contribution in [0.3, 0.4) is 0 Å². The lowest BCUT2D eigenvalue weighted by Gasteiger charge is -2.27. The molecule has 0 heterocycles. The zero-order valence-corrected chi connectivity index (χ0v) is 11.3. The Morgan fingerprint density at radius 2 is 1.73 bits per heavy atom. The third kappa shape index (κ3) is 5.93. The van der Waals surface area contributed by atoms with E-state index in [-0.39, 0.29) is 5.41 Å². The molecule has 0 aliphatic heterocycles. The second-order valence-corrected chi connectivity index (χ2v) is 5.55. The summed E-state index contributed by atoms with van der Waals surface area (Å²) in [7, 11) is 0. The van der Waals surface area contributed by atoms with Gasteiger partial charge in [-0.2, -0.15) is 0 Å². The van der Waals surface area contributed by atoms with E-state index in [2.05, 4.69) is 25.7 Å². The second kappa shape index (κ2) is 6.26. The highest BCUT2D eigenvalue weighted by Crippen LogP contribution is 2.17. The van der Waals surface area contributed by atoms with Crippen molar-refractivity contribution in [2.75, 3.05) is 13.1 Å². The molecular formula is C13H27NO. The molecule has 0 aromatic heterocycles. The van der Waals surface area contributed by atoms with Gasteiger partial charge in [-0.1, -0.05) is 27.7 Å². The Morgan fingerprint density at radius 3 is 2.07 bits per heavy atom. The van der Waals surface area contributed by atoms with Crippen molar-refractivity contribution in [1.82, 2.24) is 4.90 Å². The minimum atomic E-state index is -0.186. The molecule has 2 nitrogen and oxygen atoms in total. The van der Waals surface area contributed by atoms with Gasteiger partial charge in [-0.15, -0.1) is 0 Å². The monoisotopic (exact) mass is 213 g/mol. The molecule has 0 unspecified atom stereocenters. The Kier molecular flexibility index (Phi) is 6.11. The fraction of sp³-hybridized carbons (Fsp3) is 0.923. The average molecular weight is 213 g/mol. The summed E-state index contributed by atoms with van der Waals surface area (Å²) in [4.78, 5) is 14.1. The molecule has 0 aromatic rings. The predicted molar refractivity (Wildman–Crippen MR) is 66.1 cm³/mol. The summed E-state index contributed by atoms with van der Waals surface area (Å²) in [5.41, 5.74) is -0.186. The number of Topliss-reactive ketones (excluding diaryl/α,β-unsaturated/α-hetero) is 1. The fourth-order valence-corrected chi connectivity index (χ4v) is 1.54. The van der Waals surface area contributed by atoms with E-state index < -0.39 is 0 Å². The number of hydrogen-bond donors (Lipinski definition) is 0. The van der Waals surface area contributed by atoms with Gasteiger partial charge in [0.05, 0.1) is 0 Å². The molecular weight excluding hydrogens is 186 g/mol. The van der Waals surface area contributed by atoms with Gasteiger partial charge in [0.2, 0.25) is 0 Å². The third-order valence-corrected chi connectivity index (χ3v) is 2.70. The SMILES string of the molecule is CCCN(CCC(=O)C(C)(C)C)C(C)C. The molecule has 0 radical (unpaired) electrons. The smallest absolute Gasteiger partial charge is 0.139 e. The van der Waals surface area contributed by atoms with Crippen LogP contribution < -0.4 is 0 Å². The molecule has 0 saturated heterocycles. The zero-order valence-electron chi connectivity index (χ0n) is 11.3. The van der Waals surface area contributed by atoms with E-state index in [1.165, 1.54) is 0 Å². The van der Waals surface area contributed by atoms with Crippen LogP contribution in [0.2, 0.25) is 0 Å². The predicted octanol–water partition coefficient (Wildman–Crippen LogP) is 3.11. The number of nitrogens with zero attached hydrogens (tertiary/aromatic N) is 1. The molecule has 0 N–H and O–H groups in total. The number of hydrogen-bond acceptors (Lipinski definition) is 2. The van der Waals surface area contributed by atoms with Crippen molar-refractivity contribution in [2.45, 2.75) is 60.4 Å². The highest BCUT2D eigenvalue weighted by atomic mass is 16.1. The van der Waals surface area contributed by atoms with Gasteiger partial charge in [0.25, 0.3) is 0 Å². The van der Waals surface area contributed by atoms with Gasteiger partial charge in [-0.25, -0.2) is 0 Å². The molecule has 0 rings (SSSR count). The van der Waals surface area contributed by atoms with Gasteiger partial charge in [0.15, 0.2) is 0 Å². The topological polar surface area (TPSA) is 20.3 Å². The van der Waals surface area contributed by atoms with Crippen molar-refractivity contribution in [2.24, 2.45) is 5.41 Å². The summed E-state index contributed by atoms with van der Waals surface area (Å²) in [5.74, 6) is 0.365. The normalized spacial score (nSPS) is 12.5. The molecule has 0 amide bonds. The Bertz CT molecular complexity index is 191. The van der Waals surface area contributed by atoms with E-state index in [1.54, 1.807) is 0 Å². The van der Waals surface area contributed by atoms with E-state index in [9.17, 15) is 4.79 Å². The van der Waals surface area contributed by atoms with Crippen molar-refractivity contribution in [1.29, 1.82) is 0 Å². The van der Waals surface area contributed by atoms with Crippen LogP contribution in [0.5, 0.6) is 0 Å². The summed E-state index contributed by atoms with van der Waals surface area (Å²) >= 11 is 0. The van der Waals surface area contributed by atoms with Crippen LogP contribution in [-0.2, 0) is 4.79 Å². The van der Waals surface area contributed by atoms with E-state index in [4.69, 9.17) is 0 Å². The first kappa shape index (κ1) is 14.6. The van der Waals surface area contributed by atoms with Gasteiger partial charge in [0.1, 0.15) is 5.78 Å². The Hall–Kier alpha value is -0.370. The summed E-state index contributed by atoms with van der Waals surface area (Å²) in [6.45, 7) is 14.5. The van der Waals surface area contributed by atoms with E-state index in [1.807, 2.05) is 20.8 Å².